The Hall–Kier alpha value is -0.0500. The standard InChI is InChI=1S/C5H11O8P/c6-3-2(1-12-14(9,10)11)13-5(8)4(3)7/h2-8H,1H2,(H2,9,10,11)/p-1/t2-,3-,4-,5?/m1/s1. The Morgan fingerprint density at radius 2 is 1.93 bits per heavy atom. The molecule has 0 aromatic heterocycles. The first kappa shape index (κ1) is 12.0. The molecule has 1 heterocycles. The van der Waals surface area contributed by atoms with Gasteiger partial charge < -0.3 is 34.4 Å². The van der Waals surface area contributed by atoms with Gasteiger partial charge in [0.05, 0.1) is 6.61 Å². The first-order chi connectivity index (χ1) is 6.31. The average Bonchev–Trinajstić information content (AvgIpc) is 2.28. The van der Waals surface area contributed by atoms with Gasteiger partial charge in [-0.05, 0) is 0 Å². The Labute approximate surface area is 78.9 Å². The Balaban J connectivity index is 2.44. The van der Waals surface area contributed by atoms with Crippen LogP contribution in [0.5, 0.6) is 0 Å². The van der Waals surface area contributed by atoms with Crippen molar-refractivity contribution in [2.24, 2.45) is 0 Å². The molecule has 5 atom stereocenters. The zero-order valence-electron chi connectivity index (χ0n) is 6.89. The fraction of sp³-hybridized carbons (Fsp3) is 1.00. The number of phosphoric acid groups is 1. The van der Waals surface area contributed by atoms with E-state index in [0.717, 1.165) is 0 Å². The highest BCUT2D eigenvalue weighted by molar-refractivity contribution is 7.44. The molecule has 1 fully saturated rings. The van der Waals surface area contributed by atoms with Crippen LogP contribution < -0.4 is 4.89 Å². The van der Waals surface area contributed by atoms with E-state index in [0.29, 0.717) is 0 Å². The monoisotopic (exact) mass is 229 g/mol. The van der Waals surface area contributed by atoms with Crippen molar-refractivity contribution in [3.63, 3.8) is 0 Å². The summed E-state index contributed by atoms with van der Waals surface area (Å²) in [5.41, 5.74) is 0. The van der Waals surface area contributed by atoms with Crippen molar-refractivity contribution in [2.45, 2.75) is 24.6 Å². The predicted octanol–water partition coefficient (Wildman–Crippen LogP) is -3.10. The van der Waals surface area contributed by atoms with Crippen molar-refractivity contribution in [2.75, 3.05) is 6.61 Å². The van der Waals surface area contributed by atoms with E-state index in [-0.39, 0.29) is 0 Å². The lowest BCUT2D eigenvalue weighted by molar-refractivity contribution is -0.223. The minimum Gasteiger partial charge on any atom is -0.756 e. The second-order valence-corrected chi connectivity index (χ2v) is 4.01. The normalized spacial score (nSPS) is 42.4. The summed E-state index contributed by atoms with van der Waals surface area (Å²) in [5, 5.41) is 27.0. The molecule has 84 valence electrons. The Bertz CT molecular complexity index is 238. The third-order valence-electron chi connectivity index (χ3n) is 1.74. The van der Waals surface area contributed by atoms with Gasteiger partial charge in [-0.1, -0.05) is 0 Å². The molecule has 1 aliphatic rings. The molecule has 0 bridgehead atoms. The molecule has 9 heteroatoms. The Kier molecular flexibility index (Phi) is 3.62. The number of ether oxygens (including phenoxy) is 1. The summed E-state index contributed by atoms with van der Waals surface area (Å²) in [5.74, 6) is 0. The largest absolute Gasteiger partial charge is 0.756 e. The molecule has 14 heavy (non-hydrogen) atoms. The third kappa shape index (κ3) is 2.97. The van der Waals surface area contributed by atoms with Crippen molar-refractivity contribution in [3.05, 3.63) is 0 Å². The number of hydrogen-bond acceptors (Lipinski definition) is 7. The fourth-order valence-corrected chi connectivity index (χ4v) is 1.37. The summed E-state index contributed by atoms with van der Waals surface area (Å²) >= 11 is 0. The van der Waals surface area contributed by atoms with Crippen LogP contribution in [0.1, 0.15) is 0 Å². The topological polar surface area (TPSA) is 140 Å². The van der Waals surface area contributed by atoms with E-state index in [1.165, 1.54) is 0 Å². The highest BCUT2D eigenvalue weighted by Gasteiger charge is 2.42. The lowest BCUT2D eigenvalue weighted by Gasteiger charge is -2.19. The maximum absolute atomic E-state index is 10.2. The molecule has 0 amide bonds. The van der Waals surface area contributed by atoms with E-state index in [2.05, 4.69) is 9.26 Å². The maximum Gasteiger partial charge on any atom is 0.265 e. The fourth-order valence-electron chi connectivity index (χ4n) is 1.03. The lowest BCUT2D eigenvalue weighted by atomic mass is 10.1. The molecular formula is C5H10O8P-. The van der Waals surface area contributed by atoms with Gasteiger partial charge >= 0.3 is 0 Å². The van der Waals surface area contributed by atoms with Gasteiger partial charge in [0, 0.05) is 0 Å². The van der Waals surface area contributed by atoms with Gasteiger partial charge in [0.1, 0.15) is 18.3 Å². The lowest BCUT2D eigenvalue weighted by Crippen LogP contribution is -2.34. The number of aliphatic hydroxyl groups excluding tert-OH is 3. The van der Waals surface area contributed by atoms with Crippen LogP contribution in [0.25, 0.3) is 0 Å². The van der Waals surface area contributed by atoms with E-state index in [9.17, 15) is 9.46 Å². The molecule has 1 rings (SSSR count). The molecular weight excluding hydrogens is 219 g/mol. The highest BCUT2D eigenvalue weighted by atomic mass is 31.2. The molecule has 0 aliphatic carbocycles. The van der Waals surface area contributed by atoms with Crippen LogP contribution >= 0.6 is 7.82 Å². The van der Waals surface area contributed by atoms with Gasteiger partial charge in [-0.2, -0.15) is 0 Å². The van der Waals surface area contributed by atoms with Gasteiger partial charge in [0.2, 0.25) is 0 Å². The second kappa shape index (κ2) is 4.21. The van der Waals surface area contributed by atoms with Gasteiger partial charge in [-0.15, -0.1) is 0 Å². The minimum atomic E-state index is -4.89. The van der Waals surface area contributed by atoms with Crippen LogP contribution in [0, 0.1) is 0 Å². The second-order valence-electron chi connectivity index (χ2n) is 2.81. The number of aliphatic hydroxyl groups is 3. The van der Waals surface area contributed by atoms with Crippen LogP contribution in [0.2, 0.25) is 0 Å². The van der Waals surface area contributed by atoms with E-state index in [1.807, 2.05) is 0 Å². The van der Waals surface area contributed by atoms with Crippen molar-refractivity contribution >= 4 is 7.82 Å². The average molecular weight is 229 g/mol. The number of rotatable bonds is 3. The van der Waals surface area contributed by atoms with E-state index >= 15 is 0 Å². The van der Waals surface area contributed by atoms with Gasteiger partial charge in [-0.3, -0.25) is 4.57 Å². The number of phosphoric ester groups is 1. The summed E-state index contributed by atoms with van der Waals surface area (Å²) in [4.78, 5) is 18.4. The highest BCUT2D eigenvalue weighted by Crippen LogP contribution is 2.32. The van der Waals surface area contributed by atoms with Crippen LogP contribution in [0.3, 0.4) is 0 Å². The molecule has 2 unspecified atom stereocenters. The zero-order chi connectivity index (χ0) is 10.9. The zero-order valence-corrected chi connectivity index (χ0v) is 7.78. The summed E-state index contributed by atoms with van der Waals surface area (Å²) in [6.07, 6.45) is -5.78. The van der Waals surface area contributed by atoms with Gasteiger partial charge in [0.25, 0.3) is 7.82 Å². The molecule has 0 spiro atoms. The van der Waals surface area contributed by atoms with Crippen LogP contribution in [0.15, 0.2) is 0 Å². The molecule has 0 radical (unpaired) electrons. The summed E-state index contributed by atoms with van der Waals surface area (Å²) in [6, 6.07) is 0. The maximum atomic E-state index is 10.2. The van der Waals surface area contributed by atoms with Crippen LogP contribution in [0.4, 0.5) is 0 Å². The first-order valence-electron chi connectivity index (χ1n) is 3.69. The van der Waals surface area contributed by atoms with Crippen LogP contribution in [-0.2, 0) is 13.8 Å². The SMILES string of the molecule is O=P([O-])(O)OC[C@H]1OC(O)[C@H](O)[C@@H]1O. The third-order valence-corrected chi connectivity index (χ3v) is 2.21. The van der Waals surface area contributed by atoms with Crippen LogP contribution in [-0.4, -0.2) is 51.4 Å². The van der Waals surface area contributed by atoms with Gasteiger partial charge in [0.15, 0.2) is 6.29 Å². The summed E-state index contributed by atoms with van der Waals surface area (Å²) in [6.45, 7) is -0.674. The van der Waals surface area contributed by atoms with Crippen molar-refractivity contribution in [3.8, 4) is 0 Å². The predicted molar refractivity (Wildman–Crippen MR) is 38.7 cm³/mol. The van der Waals surface area contributed by atoms with Crippen molar-refractivity contribution < 1.29 is 38.9 Å². The summed E-state index contributed by atoms with van der Waals surface area (Å²) in [7, 11) is -4.89. The van der Waals surface area contributed by atoms with Crippen molar-refractivity contribution in [1.29, 1.82) is 0 Å². The number of hydrogen-bond donors (Lipinski definition) is 4. The molecule has 8 nitrogen and oxygen atoms in total. The summed E-state index contributed by atoms with van der Waals surface area (Å²) < 4.78 is 18.6. The van der Waals surface area contributed by atoms with Crippen molar-refractivity contribution in [1.82, 2.24) is 0 Å². The Morgan fingerprint density at radius 1 is 1.36 bits per heavy atom. The molecule has 4 N–H and O–H groups in total. The van der Waals surface area contributed by atoms with E-state index in [4.69, 9.17) is 20.2 Å². The Morgan fingerprint density at radius 3 is 2.29 bits per heavy atom. The van der Waals surface area contributed by atoms with E-state index < -0.39 is 39.0 Å². The molecule has 0 aromatic rings. The molecule has 1 saturated heterocycles. The van der Waals surface area contributed by atoms with E-state index in [1.54, 1.807) is 0 Å². The quantitative estimate of drug-likeness (QED) is 0.373. The molecule has 0 aromatic carbocycles. The smallest absolute Gasteiger partial charge is 0.265 e. The molecule has 1 aliphatic heterocycles. The first-order valence-corrected chi connectivity index (χ1v) is 5.19. The minimum absolute atomic E-state index is 0.674. The van der Waals surface area contributed by atoms with Gasteiger partial charge in [-0.25, -0.2) is 0 Å². The molecule has 0 saturated carbocycles.